The van der Waals surface area contributed by atoms with Gasteiger partial charge in [-0.15, -0.1) is 4.79 Å². The van der Waals surface area contributed by atoms with Gasteiger partial charge < -0.3 is 5.21 Å². The summed E-state index contributed by atoms with van der Waals surface area (Å²) in [6, 6.07) is 7.66. The Bertz CT molecular complexity index is 667. The number of nitrogens with one attached hydrogen (secondary N) is 2. The van der Waals surface area contributed by atoms with E-state index in [1.54, 1.807) is 4.79 Å². The summed E-state index contributed by atoms with van der Waals surface area (Å²) in [6.45, 7) is 0.754. The molecule has 2 aliphatic rings. The molecule has 86 valence electrons. The number of nitrogens with zero attached hydrogens (tertiary/aromatic N) is 3. The van der Waals surface area contributed by atoms with Crippen LogP contribution >= 0.6 is 0 Å². The van der Waals surface area contributed by atoms with Crippen LogP contribution in [0.5, 0.6) is 0 Å². The Kier molecular flexibility index (Phi) is 1.54. The molecular formula is C11H11N5O. The molecule has 0 saturated carbocycles. The van der Waals surface area contributed by atoms with Crippen LogP contribution in [0.2, 0.25) is 0 Å². The van der Waals surface area contributed by atoms with Gasteiger partial charge >= 0.3 is 0 Å². The normalized spacial score (nSPS) is 19.0. The number of fused-ring (bicyclic) bond motifs is 4. The Balaban J connectivity index is 2.04. The van der Waals surface area contributed by atoms with Crippen molar-refractivity contribution in [3.05, 3.63) is 41.7 Å². The zero-order valence-corrected chi connectivity index (χ0v) is 9.00. The topological polar surface area (TPSA) is 58.1 Å². The molecule has 1 unspecified atom stereocenters. The molecule has 2 N–H and O–H groups in total. The van der Waals surface area contributed by atoms with Gasteiger partial charge in [0, 0.05) is 12.3 Å². The van der Waals surface area contributed by atoms with Crippen molar-refractivity contribution in [3.8, 4) is 11.3 Å². The molecule has 2 aromatic rings. The lowest BCUT2D eigenvalue weighted by Crippen LogP contribution is -3.04. The standard InChI is InChI=1S/C11H11N5O/c17-16-10-5-2-1-4-9(10)11-8-13-6-3-7-14(13)12-15(11)16/h1-6,8,12,16H,7H2. The number of H-pyrrole nitrogens is 1. The van der Waals surface area contributed by atoms with E-state index in [0.29, 0.717) is 0 Å². The van der Waals surface area contributed by atoms with Crippen LogP contribution in [0.4, 0.5) is 5.69 Å². The average molecular weight is 229 g/mol. The lowest BCUT2D eigenvalue weighted by molar-refractivity contribution is -0.830. The number of benzene rings is 1. The third-order valence-corrected chi connectivity index (χ3v) is 3.16. The lowest BCUT2D eigenvalue weighted by Gasteiger charge is -2.20. The van der Waals surface area contributed by atoms with Crippen molar-refractivity contribution >= 4 is 11.9 Å². The third kappa shape index (κ3) is 1.05. The van der Waals surface area contributed by atoms with Crippen molar-refractivity contribution in [1.29, 1.82) is 0 Å². The molecule has 0 amide bonds. The highest BCUT2D eigenvalue weighted by molar-refractivity contribution is 5.72. The molecule has 2 aliphatic heterocycles. The first-order chi connectivity index (χ1) is 8.34. The quantitative estimate of drug-likeness (QED) is 0.634. The van der Waals surface area contributed by atoms with Crippen LogP contribution in [0.15, 0.2) is 36.5 Å². The highest BCUT2D eigenvalue weighted by Gasteiger charge is 2.26. The molecule has 1 aromatic carbocycles. The summed E-state index contributed by atoms with van der Waals surface area (Å²) in [5, 5.41) is 15.3. The Hall–Kier alpha value is -2.18. The highest BCUT2D eigenvalue weighted by Crippen LogP contribution is 2.27. The minimum atomic E-state index is -0.00148. The van der Waals surface area contributed by atoms with Crippen molar-refractivity contribution in [2.45, 2.75) is 6.54 Å². The van der Waals surface area contributed by atoms with Gasteiger partial charge in [0.1, 0.15) is 5.69 Å². The monoisotopic (exact) mass is 229 g/mol. The molecule has 4 rings (SSSR count). The van der Waals surface area contributed by atoms with E-state index >= 15 is 0 Å². The summed E-state index contributed by atoms with van der Waals surface area (Å²) in [5.74, 6) is 0. The van der Waals surface area contributed by atoms with Gasteiger partial charge in [0.2, 0.25) is 0 Å². The molecule has 6 heteroatoms. The predicted octanol–water partition coefficient (Wildman–Crippen LogP) is 0.486. The van der Waals surface area contributed by atoms with Gasteiger partial charge in [-0.25, -0.2) is 9.97 Å². The van der Waals surface area contributed by atoms with Gasteiger partial charge in [0.25, 0.3) is 0 Å². The second-order valence-electron chi connectivity index (χ2n) is 4.15. The van der Waals surface area contributed by atoms with Crippen LogP contribution in [0.1, 0.15) is 0 Å². The van der Waals surface area contributed by atoms with Gasteiger partial charge in [0.05, 0.1) is 18.3 Å². The minimum absolute atomic E-state index is 0.00148. The summed E-state index contributed by atoms with van der Waals surface area (Å²) in [7, 11) is 0. The number of aromatic nitrogens is 4. The maximum atomic E-state index is 12.2. The molecule has 6 nitrogen and oxygen atoms in total. The Labute approximate surface area is 96.8 Å². The van der Waals surface area contributed by atoms with E-state index in [9.17, 15) is 5.21 Å². The van der Waals surface area contributed by atoms with Gasteiger partial charge in [-0.2, -0.15) is 5.21 Å². The molecule has 1 aromatic heterocycles. The van der Waals surface area contributed by atoms with Gasteiger partial charge in [-0.1, -0.05) is 12.1 Å². The van der Waals surface area contributed by atoms with Gasteiger partial charge in [0.15, 0.2) is 5.69 Å². The molecule has 0 bridgehead atoms. The summed E-state index contributed by atoms with van der Waals surface area (Å²) >= 11 is 0. The number of quaternary nitrogens is 1. The summed E-state index contributed by atoms with van der Waals surface area (Å²) in [4.78, 5) is 3.46. The second-order valence-corrected chi connectivity index (χ2v) is 4.15. The van der Waals surface area contributed by atoms with E-state index in [1.165, 1.54) is 0 Å². The first-order valence-corrected chi connectivity index (χ1v) is 5.49. The molecule has 0 saturated heterocycles. The Morgan fingerprint density at radius 1 is 1.29 bits per heavy atom. The van der Waals surface area contributed by atoms with Crippen molar-refractivity contribution in [3.63, 3.8) is 0 Å². The highest BCUT2D eigenvalue weighted by atomic mass is 16.6. The fraction of sp³-hybridized carbons (Fsp3) is 0.0909. The van der Waals surface area contributed by atoms with Gasteiger partial charge in [-0.3, -0.25) is 4.68 Å². The van der Waals surface area contributed by atoms with Crippen LogP contribution in [0, 0.1) is 5.21 Å². The summed E-state index contributed by atoms with van der Waals surface area (Å²) in [5.41, 5.74) is 2.62. The van der Waals surface area contributed by atoms with Crippen molar-refractivity contribution in [1.82, 2.24) is 19.5 Å². The maximum absolute atomic E-state index is 12.2. The number of allylic oxidation sites excluding steroid dienone is 1. The molecule has 0 fully saturated rings. The molecule has 0 aliphatic carbocycles. The first-order valence-electron chi connectivity index (χ1n) is 5.49. The van der Waals surface area contributed by atoms with Gasteiger partial charge in [-0.05, 0) is 12.1 Å². The number of hydrogen-bond donors (Lipinski definition) is 2. The molecule has 1 atom stereocenters. The van der Waals surface area contributed by atoms with Crippen molar-refractivity contribution in [2.24, 2.45) is 0 Å². The average Bonchev–Trinajstić information content (AvgIpc) is 2.92. The van der Waals surface area contributed by atoms with E-state index in [0.717, 1.165) is 23.5 Å². The lowest BCUT2D eigenvalue weighted by atomic mass is 10.1. The minimum Gasteiger partial charge on any atom is -0.601 e. The summed E-state index contributed by atoms with van der Waals surface area (Å²) in [6.07, 6.45) is 5.97. The number of hydrogen-bond acceptors (Lipinski definition) is 1. The summed E-state index contributed by atoms with van der Waals surface area (Å²) < 4.78 is 1.95. The van der Waals surface area contributed by atoms with Crippen molar-refractivity contribution in [2.75, 3.05) is 0 Å². The van der Waals surface area contributed by atoms with E-state index in [-0.39, 0.29) is 5.17 Å². The van der Waals surface area contributed by atoms with Crippen LogP contribution in [0.3, 0.4) is 0 Å². The SMILES string of the molecule is [O-][NH+]1c2ccccc2-c2cn3n([nH]n21)CC=C3. The van der Waals surface area contributed by atoms with Crippen molar-refractivity contribution < 1.29 is 5.17 Å². The fourth-order valence-corrected chi connectivity index (χ4v) is 2.35. The van der Waals surface area contributed by atoms with E-state index in [2.05, 4.69) is 5.21 Å². The third-order valence-electron chi connectivity index (χ3n) is 3.16. The molecule has 3 heterocycles. The maximum Gasteiger partial charge on any atom is 0.167 e. The fourth-order valence-electron chi connectivity index (χ4n) is 2.35. The molecular weight excluding hydrogens is 218 g/mol. The zero-order chi connectivity index (χ0) is 11.4. The van der Waals surface area contributed by atoms with E-state index in [4.69, 9.17) is 0 Å². The Morgan fingerprint density at radius 2 is 2.18 bits per heavy atom. The van der Waals surface area contributed by atoms with Crippen LogP contribution in [0.25, 0.3) is 17.5 Å². The number of rotatable bonds is 0. The van der Waals surface area contributed by atoms with Crippen LogP contribution < -0.4 is 5.17 Å². The second kappa shape index (κ2) is 2.93. The first kappa shape index (κ1) is 8.91. The Morgan fingerprint density at radius 3 is 3.12 bits per heavy atom. The van der Waals surface area contributed by atoms with Crippen LogP contribution in [-0.2, 0) is 6.54 Å². The predicted molar refractivity (Wildman–Crippen MR) is 62.5 cm³/mol. The van der Waals surface area contributed by atoms with E-state index in [1.807, 2.05) is 52.2 Å². The van der Waals surface area contributed by atoms with E-state index < -0.39 is 0 Å². The molecule has 0 radical (unpaired) electrons. The smallest absolute Gasteiger partial charge is 0.167 e. The molecule has 0 spiro atoms. The largest absolute Gasteiger partial charge is 0.601 e. The number of aromatic amines is 1. The zero-order valence-electron chi connectivity index (χ0n) is 9.00. The molecule has 17 heavy (non-hydrogen) atoms. The van der Waals surface area contributed by atoms with Crippen LogP contribution in [-0.4, -0.2) is 19.5 Å².